The van der Waals surface area contributed by atoms with E-state index in [2.05, 4.69) is 41.1 Å². The van der Waals surface area contributed by atoms with Crippen LogP contribution in [-0.2, 0) is 13.0 Å². The van der Waals surface area contributed by atoms with Gasteiger partial charge in [-0.1, -0.05) is 55.5 Å². The SMILES string of the molecule is CCc1ccc([C@@H]2c3cccn3-c3c(c(C)nn3-c3ccccc3)CN2C(=O)Nc2cccc(F)c2)cc1. The fraction of sp³-hybridized carbons (Fsp3) is 0.161. The lowest BCUT2D eigenvalue weighted by Crippen LogP contribution is -2.38. The number of rotatable bonds is 4. The van der Waals surface area contributed by atoms with Crippen LogP contribution in [0.1, 0.15) is 41.0 Å². The summed E-state index contributed by atoms with van der Waals surface area (Å²) in [6.45, 7) is 4.43. The monoisotopic (exact) mass is 505 g/mol. The number of fused-ring (bicyclic) bond motifs is 3. The third-order valence-corrected chi connectivity index (χ3v) is 7.13. The molecule has 0 unspecified atom stereocenters. The molecule has 190 valence electrons. The molecule has 1 aliphatic rings. The van der Waals surface area contributed by atoms with Crippen molar-refractivity contribution in [2.75, 3.05) is 5.32 Å². The Hall–Kier alpha value is -4.65. The minimum atomic E-state index is -0.401. The molecule has 0 radical (unpaired) electrons. The highest BCUT2D eigenvalue weighted by atomic mass is 19.1. The molecule has 6 rings (SSSR count). The van der Waals surface area contributed by atoms with E-state index in [0.29, 0.717) is 12.2 Å². The number of aromatic nitrogens is 3. The summed E-state index contributed by atoms with van der Waals surface area (Å²) in [6.07, 6.45) is 2.96. The molecule has 2 aromatic heterocycles. The second-order valence-corrected chi connectivity index (χ2v) is 9.50. The van der Waals surface area contributed by atoms with Crippen molar-refractivity contribution in [3.05, 3.63) is 131 Å². The molecule has 38 heavy (non-hydrogen) atoms. The summed E-state index contributed by atoms with van der Waals surface area (Å²) < 4.78 is 18.0. The van der Waals surface area contributed by atoms with Gasteiger partial charge in [0, 0.05) is 17.4 Å². The maximum absolute atomic E-state index is 13.9. The highest BCUT2D eigenvalue weighted by Crippen LogP contribution is 2.38. The van der Waals surface area contributed by atoms with Gasteiger partial charge >= 0.3 is 6.03 Å². The minimum Gasteiger partial charge on any atom is -0.308 e. The van der Waals surface area contributed by atoms with E-state index in [9.17, 15) is 9.18 Å². The topological polar surface area (TPSA) is 55.1 Å². The molecule has 0 spiro atoms. The van der Waals surface area contributed by atoms with E-state index in [1.54, 1.807) is 12.1 Å². The molecule has 1 atom stereocenters. The van der Waals surface area contributed by atoms with Gasteiger partial charge in [0.05, 0.1) is 29.7 Å². The van der Waals surface area contributed by atoms with Gasteiger partial charge in [0.1, 0.15) is 11.6 Å². The van der Waals surface area contributed by atoms with Crippen molar-refractivity contribution in [1.82, 2.24) is 19.2 Å². The molecule has 1 N–H and O–H groups in total. The predicted molar refractivity (Wildman–Crippen MR) is 146 cm³/mol. The van der Waals surface area contributed by atoms with Crippen LogP contribution in [0.4, 0.5) is 14.9 Å². The molecule has 0 saturated carbocycles. The highest BCUT2D eigenvalue weighted by Gasteiger charge is 2.36. The average molecular weight is 506 g/mol. The van der Waals surface area contributed by atoms with E-state index in [-0.39, 0.29) is 12.1 Å². The summed E-state index contributed by atoms with van der Waals surface area (Å²) in [5.74, 6) is 0.506. The van der Waals surface area contributed by atoms with Crippen molar-refractivity contribution >= 4 is 11.7 Å². The van der Waals surface area contributed by atoms with Crippen LogP contribution >= 0.6 is 0 Å². The molecule has 0 bridgehead atoms. The fourth-order valence-electron chi connectivity index (χ4n) is 5.20. The molecule has 6 nitrogen and oxygen atoms in total. The van der Waals surface area contributed by atoms with Gasteiger partial charge in [0.15, 0.2) is 0 Å². The fourth-order valence-corrected chi connectivity index (χ4v) is 5.20. The summed E-state index contributed by atoms with van der Waals surface area (Å²) in [5, 5.41) is 7.81. The maximum atomic E-state index is 13.9. The number of amides is 2. The van der Waals surface area contributed by atoms with Gasteiger partial charge in [0.25, 0.3) is 0 Å². The van der Waals surface area contributed by atoms with E-state index < -0.39 is 5.82 Å². The number of nitrogens with zero attached hydrogens (tertiary/aromatic N) is 4. The smallest absolute Gasteiger partial charge is 0.308 e. The van der Waals surface area contributed by atoms with Crippen molar-refractivity contribution in [2.24, 2.45) is 0 Å². The summed E-state index contributed by atoms with van der Waals surface area (Å²) >= 11 is 0. The Balaban J connectivity index is 1.53. The summed E-state index contributed by atoms with van der Waals surface area (Å²) in [5.41, 5.74) is 6.32. The van der Waals surface area contributed by atoms with Crippen molar-refractivity contribution in [3.8, 4) is 11.5 Å². The molecule has 2 amide bonds. The number of anilines is 1. The molecule has 3 aromatic carbocycles. The lowest BCUT2D eigenvalue weighted by atomic mass is 9.99. The first-order valence-electron chi connectivity index (χ1n) is 12.8. The zero-order valence-corrected chi connectivity index (χ0v) is 21.3. The number of nitrogens with one attached hydrogen (secondary N) is 1. The Morgan fingerprint density at radius 1 is 1.00 bits per heavy atom. The maximum Gasteiger partial charge on any atom is 0.322 e. The molecule has 1 aliphatic heterocycles. The number of aryl methyl sites for hydroxylation is 2. The first-order valence-corrected chi connectivity index (χ1v) is 12.8. The molecular formula is C31H28FN5O. The number of benzene rings is 3. The third kappa shape index (κ3) is 4.16. The van der Waals surface area contributed by atoms with Crippen molar-refractivity contribution in [2.45, 2.75) is 32.9 Å². The van der Waals surface area contributed by atoms with E-state index in [1.165, 1.54) is 17.7 Å². The van der Waals surface area contributed by atoms with Gasteiger partial charge < -0.3 is 14.8 Å². The molecule has 0 aliphatic carbocycles. The predicted octanol–water partition coefficient (Wildman–Crippen LogP) is 6.81. The zero-order chi connectivity index (χ0) is 26.2. The molecule has 5 aromatic rings. The van der Waals surface area contributed by atoms with Crippen LogP contribution in [0.25, 0.3) is 11.5 Å². The van der Waals surface area contributed by atoms with Crippen LogP contribution in [0.15, 0.2) is 97.2 Å². The first-order chi connectivity index (χ1) is 18.5. The molecule has 0 saturated heterocycles. The van der Waals surface area contributed by atoms with Crippen LogP contribution in [0.3, 0.4) is 0 Å². The standard InChI is InChI=1S/C31H28FN5O/c1-3-22-14-16-23(17-15-22)29-28-13-8-18-35(28)30-27(21(2)34-37(30)26-11-5-4-6-12-26)20-36(29)31(38)33-25-10-7-9-24(32)19-25/h4-19,29H,3,20H2,1-2H3,(H,33,38)/t29-/m1/s1. The number of carbonyl (C=O) groups excluding carboxylic acids is 1. The zero-order valence-electron chi connectivity index (χ0n) is 21.3. The highest BCUT2D eigenvalue weighted by molar-refractivity contribution is 5.90. The number of hydrogen-bond acceptors (Lipinski definition) is 2. The van der Waals surface area contributed by atoms with Gasteiger partial charge in [-0.3, -0.25) is 0 Å². The Labute approximate surface area is 221 Å². The van der Waals surface area contributed by atoms with Crippen LogP contribution in [0.5, 0.6) is 0 Å². The van der Waals surface area contributed by atoms with Gasteiger partial charge in [-0.05, 0) is 66.9 Å². The quantitative estimate of drug-likeness (QED) is 0.292. The molecular weight excluding hydrogens is 477 g/mol. The second kappa shape index (κ2) is 9.67. The van der Waals surface area contributed by atoms with E-state index in [0.717, 1.165) is 40.4 Å². The summed E-state index contributed by atoms with van der Waals surface area (Å²) in [6, 6.07) is 27.7. The Morgan fingerprint density at radius 2 is 1.79 bits per heavy atom. The molecule has 0 fully saturated rings. The Morgan fingerprint density at radius 3 is 2.53 bits per heavy atom. The number of hydrogen-bond donors (Lipinski definition) is 1. The number of carbonyl (C=O) groups is 1. The normalized spacial score (nSPS) is 14.5. The average Bonchev–Trinajstić information content (AvgIpc) is 3.49. The Kier molecular flexibility index (Phi) is 6.04. The van der Waals surface area contributed by atoms with Crippen molar-refractivity contribution in [1.29, 1.82) is 0 Å². The second-order valence-electron chi connectivity index (χ2n) is 9.50. The number of halogens is 1. The van der Waals surface area contributed by atoms with Gasteiger partial charge in [-0.2, -0.15) is 5.10 Å². The van der Waals surface area contributed by atoms with Crippen molar-refractivity contribution in [3.63, 3.8) is 0 Å². The lowest BCUT2D eigenvalue weighted by Gasteiger charge is -2.31. The Bertz CT molecular complexity index is 1600. The molecule has 7 heteroatoms. The summed E-state index contributed by atoms with van der Waals surface area (Å²) in [7, 11) is 0. The lowest BCUT2D eigenvalue weighted by molar-refractivity contribution is 0.194. The van der Waals surface area contributed by atoms with Crippen LogP contribution in [0.2, 0.25) is 0 Å². The minimum absolute atomic E-state index is 0.312. The van der Waals surface area contributed by atoms with Crippen LogP contribution < -0.4 is 5.32 Å². The molecule has 3 heterocycles. The van der Waals surface area contributed by atoms with Crippen molar-refractivity contribution < 1.29 is 9.18 Å². The largest absolute Gasteiger partial charge is 0.322 e. The van der Waals surface area contributed by atoms with Gasteiger partial charge in [-0.15, -0.1) is 0 Å². The van der Waals surface area contributed by atoms with E-state index in [1.807, 2.05) is 65.2 Å². The van der Waals surface area contributed by atoms with E-state index >= 15 is 0 Å². The third-order valence-electron chi connectivity index (χ3n) is 7.13. The van der Waals surface area contributed by atoms with Crippen LogP contribution in [0, 0.1) is 12.7 Å². The van der Waals surface area contributed by atoms with Gasteiger partial charge in [0.2, 0.25) is 0 Å². The van der Waals surface area contributed by atoms with Gasteiger partial charge in [-0.25, -0.2) is 13.9 Å². The van der Waals surface area contributed by atoms with Crippen LogP contribution in [-0.4, -0.2) is 25.3 Å². The number of urea groups is 1. The summed E-state index contributed by atoms with van der Waals surface area (Å²) in [4.78, 5) is 15.7. The first kappa shape index (κ1) is 23.7. The number of para-hydroxylation sites is 1. The van der Waals surface area contributed by atoms with E-state index in [4.69, 9.17) is 5.10 Å².